The van der Waals surface area contributed by atoms with Gasteiger partial charge in [0.1, 0.15) is 11.8 Å². The molecule has 0 saturated heterocycles. The smallest absolute Gasteiger partial charge is 0.329 e. The van der Waals surface area contributed by atoms with Crippen LogP contribution in [0, 0.1) is 11.3 Å². The predicted octanol–water partition coefficient (Wildman–Crippen LogP) is 4.03. The molecule has 0 unspecified atom stereocenters. The van der Waals surface area contributed by atoms with Crippen molar-refractivity contribution in [2.75, 3.05) is 0 Å². The average Bonchev–Trinajstić information content (AvgIpc) is 3.28. The molecule has 0 aliphatic carbocycles. The Hall–Kier alpha value is -3.67. The SMILES string of the molecule is N#Cc1cc2ncccc2n1Cc1ccc(-c2noc(C(F)(F)F)n2)cc1. The second-order valence-corrected chi connectivity index (χ2v) is 5.75. The van der Waals surface area contributed by atoms with E-state index in [4.69, 9.17) is 0 Å². The molecule has 1 aromatic carbocycles. The van der Waals surface area contributed by atoms with Crippen molar-refractivity contribution in [1.29, 1.82) is 5.26 Å². The number of hydrogen-bond donors (Lipinski definition) is 0. The minimum absolute atomic E-state index is 0.137. The summed E-state index contributed by atoms with van der Waals surface area (Å²) in [5.74, 6) is -1.52. The molecule has 0 saturated carbocycles. The number of nitrogens with zero attached hydrogens (tertiary/aromatic N) is 5. The Labute approximate surface area is 150 Å². The van der Waals surface area contributed by atoms with Gasteiger partial charge in [-0.1, -0.05) is 29.4 Å². The highest BCUT2D eigenvalue weighted by molar-refractivity contribution is 5.78. The maximum atomic E-state index is 12.6. The predicted molar refractivity (Wildman–Crippen MR) is 88.3 cm³/mol. The third kappa shape index (κ3) is 3.13. The summed E-state index contributed by atoms with van der Waals surface area (Å²) in [6, 6.07) is 14.2. The van der Waals surface area contributed by atoms with Gasteiger partial charge in [0.2, 0.25) is 5.82 Å². The zero-order chi connectivity index (χ0) is 19.0. The van der Waals surface area contributed by atoms with Gasteiger partial charge < -0.3 is 9.09 Å². The number of hydrogen-bond acceptors (Lipinski definition) is 5. The maximum absolute atomic E-state index is 12.6. The lowest BCUT2D eigenvalue weighted by Gasteiger charge is -2.07. The van der Waals surface area contributed by atoms with Gasteiger partial charge in [0.25, 0.3) is 0 Å². The molecular formula is C18H10F3N5O. The quantitative estimate of drug-likeness (QED) is 0.545. The second kappa shape index (κ2) is 6.25. The molecule has 3 heterocycles. The highest BCUT2D eigenvalue weighted by Gasteiger charge is 2.38. The van der Waals surface area contributed by atoms with Gasteiger partial charge in [-0.15, -0.1) is 0 Å². The zero-order valence-corrected chi connectivity index (χ0v) is 13.6. The van der Waals surface area contributed by atoms with Crippen LogP contribution >= 0.6 is 0 Å². The molecule has 4 aromatic rings. The molecule has 0 N–H and O–H groups in total. The van der Waals surface area contributed by atoms with E-state index in [9.17, 15) is 18.4 Å². The lowest BCUT2D eigenvalue weighted by Crippen LogP contribution is -2.04. The van der Waals surface area contributed by atoms with Crippen LogP contribution in [0.5, 0.6) is 0 Å². The molecule has 0 bridgehead atoms. The number of fused-ring (bicyclic) bond motifs is 1. The highest BCUT2D eigenvalue weighted by atomic mass is 19.4. The van der Waals surface area contributed by atoms with Crippen molar-refractivity contribution in [1.82, 2.24) is 19.7 Å². The highest BCUT2D eigenvalue weighted by Crippen LogP contribution is 2.29. The first-order valence-corrected chi connectivity index (χ1v) is 7.80. The van der Waals surface area contributed by atoms with Gasteiger partial charge in [-0.25, -0.2) is 0 Å². The lowest BCUT2D eigenvalue weighted by molar-refractivity contribution is -0.159. The number of nitriles is 1. The van der Waals surface area contributed by atoms with Crippen molar-refractivity contribution in [2.45, 2.75) is 12.7 Å². The lowest BCUT2D eigenvalue weighted by atomic mass is 10.1. The van der Waals surface area contributed by atoms with Gasteiger partial charge in [-0.05, 0) is 17.7 Å². The molecule has 27 heavy (non-hydrogen) atoms. The molecule has 0 atom stereocenters. The second-order valence-electron chi connectivity index (χ2n) is 5.75. The summed E-state index contributed by atoms with van der Waals surface area (Å²) < 4.78 is 43.8. The first-order chi connectivity index (χ1) is 13.0. The van der Waals surface area contributed by atoms with E-state index in [1.807, 2.05) is 10.6 Å². The Morgan fingerprint density at radius 1 is 1.15 bits per heavy atom. The van der Waals surface area contributed by atoms with Crippen molar-refractivity contribution in [3.8, 4) is 17.5 Å². The zero-order valence-electron chi connectivity index (χ0n) is 13.6. The summed E-state index contributed by atoms with van der Waals surface area (Å²) in [5.41, 5.74) is 3.28. The Morgan fingerprint density at radius 2 is 1.93 bits per heavy atom. The maximum Gasteiger partial charge on any atom is 0.471 e. The fourth-order valence-electron chi connectivity index (χ4n) is 2.75. The van der Waals surface area contributed by atoms with Gasteiger partial charge >= 0.3 is 12.1 Å². The Morgan fingerprint density at radius 3 is 2.59 bits per heavy atom. The molecule has 6 nitrogen and oxygen atoms in total. The van der Waals surface area contributed by atoms with Crippen LogP contribution in [-0.4, -0.2) is 19.7 Å². The average molecular weight is 369 g/mol. The minimum Gasteiger partial charge on any atom is -0.329 e. The van der Waals surface area contributed by atoms with Crippen LogP contribution in [0.15, 0.2) is 53.2 Å². The molecule has 9 heteroatoms. The van der Waals surface area contributed by atoms with Crippen LogP contribution in [0.25, 0.3) is 22.4 Å². The Balaban J connectivity index is 1.62. The van der Waals surface area contributed by atoms with E-state index in [1.54, 1.807) is 42.6 Å². The summed E-state index contributed by atoms with van der Waals surface area (Å²) in [6.07, 6.45) is -3.02. The monoisotopic (exact) mass is 369 g/mol. The van der Waals surface area contributed by atoms with Crippen molar-refractivity contribution < 1.29 is 17.7 Å². The molecule has 0 aliphatic rings. The summed E-state index contributed by atoms with van der Waals surface area (Å²) >= 11 is 0. The van der Waals surface area contributed by atoms with Gasteiger partial charge in [0.15, 0.2) is 0 Å². The van der Waals surface area contributed by atoms with Crippen molar-refractivity contribution in [2.24, 2.45) is 0 Å². The standard InChI is InChI=1S/C18H10F3N5O/c19-18(20,21)17-24-16(25-27-17)12-5-3-11(4-6-12)10-26-13(9-22)8-14-15(26)2-1-7-23-14/h1-8H,10H2. The third-order valence-corrected chi connectivity index (χ3v) is 4.01. The topological polar surface area (TPSA) is 80.5 Å². The van der Waals surface area contributed by atoms with E-state index >= 15 is 0 Å². The molecule has 0 spiro atoms. The number of alkyl halides is 3. The third-order valence-electron chi connectivity index (χ3n) is 4.01. The van der Waals surface area contributed by atoms with Crippen LogP contribution in [0.3, 0.4) is 0 Å². The van der Waals surface area contributed by atoms with Crippen LogP contribution < -0.4 is 0 Å². The normalized spacial score (nSPS) is 11.6. The summed E-state index contributed by atoms with van der Waals surface area (Å²) in [5, 5.41) is 12.7. The van der Waals surface area contributed by atoms with Crippen LogP contribution in [-0.2, 0) is 12.7 Å². The number of pyridine rings is 1. The first-order valence-electron chi connectivity index (χ1n) is 7.80. The first kappa shape index (κ1) is 16.8. The van der Waals surface area contributed by atoms with E-state index < -0.39 is 12.1 Å². The van der Waals surface area contributed by atoms with Crippen LogP contribution in [0.1, 0.15) is 17.1 Å². The number of rotatable bonds is 3. The minimum atomic E-state index is -4.68. The molecule has 4 rings (SSSR count). The van der Waals surface area contributed by atoms with Crippen LogP contribution in [0.4, 0.5) is 13.2 Å². The summed E-state index contributed by atoms with van der Waals surface area (Å²) in [6.45, 7) is 0.415. The van der Waals surface area contributed by atoms with E-state index in [1.165, 1.54) is 0 Å². The summed E-state index contributed by atoms with van der Waals surface area (Å²) in [4.78, 5) is 7.60. The molecule has 0 radical (unpaired) electrons. The summed E-state index contributed by atoms with van der Waals surface area (Å²) in [7, 11) is 0. The van der Waals surface area contributed by atoms with Crippen molar-refractivity contribution >= 4 is 11.0 Å². The number of benzene rings is 1. The molecule has 0 fully saturated rings. The molecule has 0 aliphatic heterocycles. The fourth-order valence-corrected chi connectivity index (χ4v) is 2.75. The van der Waals surface area contributed by atoms with Crippen molar-refractivity contribution in [3.05, 3.63) is 65.8 Å². The van der Waals surface area contributed by atoms with E-state index in [2.05, 4.69) is 25.7 Å². The Bertz CT molecular complexity index is 1150. The largest absolute Gasteiger partial charge is 0.471 e. The van der Waals surface area contributed by atoms with E-state index in [-0.39, 0.29) is 5.82 Å². The number of aromatic nitrogens is 4. The fraction of sp³-hybridized carbons (Fsp3) is 0.111. The number of halogens is 3. The molecule has 0 amide bonds. The molecule has 134 valence electrons. The van der Waals surface area contributed by atoms with E-state index in [0.717, 1.165) is 16.6 Å². The van der Waals surface area contributed by atoms with Gasteiger partial charge in [-0.2, -0.15) is 23.4 Å². The van der Waals surface area contributed by atoms with Crippen LogP contribution in [0.2, 0.25) is 0 Å². The van der Waals surface area contributed by atoms with E-state index in [0.29, 0.717) is 17.8 Å². The Kier molecular flexibility index (Phi) is 3.88. The van der Waals surface area contributed by atoms with Gasteiger partial charge in [-0.3, -0.25) is 4.98 Å². The van der Waals surface area contributed by atoms with Gasteiger partial charge in [0, 0.05) is 24.4 Å². The van der Waals surface area contributed by atoms with Crippen molar-refractivity contribution in [3.63, 3.8) is 0 Å². The molecule has 3 aromatic heterocycles. The molecular weight excluding hydrogens is 359 g/mol. The van der Waals surface area contributed by atoms with Gasteiger partial charge in [0.05, 0.1) is 11.0 Å².